The zero-order chi connectivity index (χ0) is 12.9. The van der Waals surface area contributed by atoms with Crippen LogP contribution in [0, 0.1) is 11.8 Å². The van der Waals surface area contributed by atoms with Gasteiger partial charge in [-0.1, -0.05) is 6.42 Å². The van der Waals surface area contributed by atoms with Crippen molar-refractivity contribution in [2.45, 2.75) is 43.5 Å². The lowest BCUT2D eigenvalue weighted by molar-refractivity contribution is 0.173. The van der Waals surface area contributed by atoms with Crippen LogP contribution in [0.3, 0.4) is 0 Å². The van der Waals surface area contributed by atoms with Gasteiger partial charge in [-0.15, -0.1) is 0 Å². The molecule has 1 N–H and O–H groups in total. The van der Waals surface area contributed by atoms with Crippen molar-refractivity contribution in [3.05, 3.63) is 0 Å². The summed E-state index contributed by atoms with van der Waals surface area (Å²) in [6, 6.07) is 0.818. The number of hydrogen-bond acceptors (Lipinski definition) is 4. The normalized spacial score (nSPS) is 45.6. The molecule has 0 aromatic heterocycles. The number of hydrogen-bond donors (Lipinski definition) is 1. The molecule has 3 aliphatic rings. The van der Waals surface area contributed by atoms with Crippen LogP contribution < -0.4 is 5.32 Å². The molecule has 0 bridgehead atoms. The minimum atomic E-state index is -2.89. The van der Waals surface area contributed by atoms with E-state index in [4.69, 9.17) is 0 Å². The van der Waals surface area contributed by atoms with E-state index in [0.717, 1.165) is 50.7 Å². The lowest BCUT2D eigenvalue weighted by atomic mass is 9.95. The van der Waals surface area contributed by atoms with E-state index in [1.807, 2.05) is 0 Å². The van der Waals surface area contributed by atoms with Crippen molar-refractivity contribution in [3.8, 4) is 0 Å². The van der Waals surface area contributed by atoms with Gasteiger partial charge in [-0.05, 0) is 44.7 Å². The first-order valence-electron chi connectivity index (χ1n) is 7.14. The van der Waals surface area contributed by atoms with Crippen molar-refractivity contribution in [3.63, 3.8) is 0 Å². The maximum absolute atomic E-state index is 11.9. The first-order valence-corrected chi connectivity index (χ1v) is 9.09. The molecule has 5 atom stereocenters. The average molecular weight is 272 g/mol. The molecule has 3 rings (SSSR count). The Hall–Kier alpha value is -0.130. The lowest BCUT2D eigenvalue weighted by Gasteiger charge is -2.33. The standard InChI is InChI=1S/C13H24N2O2S/c1-9-11-7-14-6-10(11)8-15(9)12-4-3-5-13(12)18(2,16)17/h9-14H,3-8H2,1-2H3. The van der Waals surface area contributed by atoms with Gasteiger partial charge in [0.05, 0.1) is 5.25 Å². The van der Waals surface area contributed by atoms with Crippen molar-refractivity contribution in [1.29, 1.82) is 0 Å². The molecule has 4 nitrogen and oxygen atoms in total. The molecule has 0 aromatic carbocycles. The molecule has 5 unspecified atom stereocenters. The first kappa shape index (κ1) is 12.9. The molecular weight excluding hydrogens is 248 g/mol. The maximum atomic E-state index is 11.9. The summed E-state index contributed by atoms with van der Waals surface area (Å²) in [5.74, 6) is 1.46. The SMILES string of the molecule is CC1C2CNCC2CN1C1CCCC1S(C)(=O)=O. The topological polar surface area (TPSA) is 49.4 Å². The van der Waals surface area contributed by atoms with Crippen LogP contribution in [0.2, 0.25) is 0 Å². The van der Waals surface area contributed by atoms with E-state index in [1.165, 1.54) is 6.26 Å². The van der Waals surface area contributed by atoms with Gasteiger partial charge in [-0.3, -0.25) is 4.90 Å². The van der Waals surface area contributed by atoms with E-state index in [1.54, 1.807) is 0 Å². The molecule has 1 saturated carbocycles. The molecule has 0 radical (unpaired) electrons. The third-order valence-electron chi connectivity index (χ3n) is 5.37. The molecule has 18 heavy (non-hydrogen) atoms. The number of likely N-dealkylation sites (tertiary alicyclic amines) is 1. The van der Waals surface area contributed by atoms with Gasteiger partial charge in [0.2, 0.25) is 0 Å². The molecule has 0 aromatic rings. The number of nitrogens with one attached hydrogen (secondary N) is 1. The molecule has 0 amide bonds. The van der Waals surface area contributed by atoms with Crippen LogP contribution in [-0.2, 0) is 9.84 Å². The van der Waals surface area contributed by atoms with E-state index in [9.17, 15) is 8.42 Å². The number of rotatable bonds is 2. The van der Waals surface area contributed by atoms with E-state index >= 15 is 0 Å². The summed E-state index contributed by atoms with van der Waals surface area (Å²) in [6.07, 6.45) is 4.41. The fourth-order valence-electron chi connectivity index (χ4n) is 4.42. The fourth-order valence-corrected chi connectivity index (χ4v) is 5.88. The summed E-state index contributed by atoms with van der Waals surface area (Å²) in [6.45, 7) is 5.60. The van der Waals surface area contributed by atoms with Crippen LogP contribution in [0.5, 0.6) is 0 Å². The Labute approximate surface area is 110 Å². The van der Waals surface area contributed by atoms with Crippen molar-refractivity contribution < 1.29 is 8.42 Å². The average Bonchev–Trinajstić information content (AvgIpc) is 2.94. The lowest BCUT2D eigenvalue weighted by Crippen LogP contribution is -2.47. The van der Waals surface area contributed by atoms with Gasteiger partial charge in [0.15, 0.2) is 9.84 Å². The summed E-state index contributed by atoms with van der Waals surface area (Å²) >= 11 is 0. The number of sulfone groups is 1. The van der Waals surface area contributed by atoms with Crippen molar-refractivity contribution >= 4 is 9.84 Å². The smallest absolute Gasteiger partial charge is 0.151 e. The Kier molecular flexibility index (Phi) is 3.19. The van der Waals surface area contributed by atoms with E-state index in [0.29, 0.717) is 6.04 Å². The second-order valence-corrected chi connectivity index (χ2v) is 8.65. The molecule has 5 heteroatoms. The molecule has 1 aliphatic carbocycles. The summed E-state index contributed by atoms with van der Waals surface area (Å²) in [4.78, 5) is 2.51. The van der Waals surface area contributed by atoms with Crippen molar-refractivity contribution in [2.24, 2.45) is 11.8 Å². The number of nitrogens with zero attached hydrogens (tertiary/aromatic N) is 1. The number of fused-ring (bicyclic) bond motifs is 1. The summed E-state index contributed by atoms with van der Waals surface area (Å²) in [7, 11) is -2.89. The predicted molar refractivity (Wildman–Crippen MR) is 72.3 cm³/mol. The second kappa shape index (κ2) is 4.46. The third-order valence-corrected chi connectivity index (χ3v) is 7.02. The van der Waals surface area contributed by atoms with Crippen molar-refractivity contribution in [1.82, 2.24) is 10.2 Å². The highest BCUT2D eigenvalue weighted by Gasteiger charge is 2.48. The Morgan fingerprint density at radius 1 is 1.22 bits per heavy atom. The van der Waals surface area contributed by atoms with E-state index in [-0.39, 0.29) is 11.3 Å². The Bertz CT molecular complexity index is 423. The third kappa shape index (κ3) is 2.00. The quantitative estimate of drug-likeness (QED) is 0.795. The van der Waals surface area contributed by atoms with Gasteiger partial charge in [0.25, 0.3) is 0 Å². The van der Waals surface area contributed by atoms with Crippen LogP contribution in [0.4, 0.5) is 0 Å². The minimum Gasteiger partial charge on any atom is -0.316 e. The summed E-state index contributed by atoms with van der Waals surface area (Å²) in [5, 5.41) is 3.34. The highest BCUT2D eigenvalue weighted by atomic mass is 32.2. The van der Waals surface area contributed by atoms with E-state index < -0.39 is 9.84 Å². The fraction of sp³-hybridized carbons (Fsp3) is 1.00. The van der Waals surface area contributed by atoms with Crippen LogP contribution in [0.25, 0.3) is 0 Å². The second-order valence-electron chi connectivity index (χ2n) is 6.39. The van der Waals surface area contributed by atoms with E-state index in [2.05, 4.69) is 17.1 Å². The molecule has 3 fully saturated rings. The minimum absolute atomic E-state index is 0.119. The monoisotopic (exact) mass is 272 g/mol. The van der Waals surface area contributed by atoms with Gasteiger partial charge >= 0.3 is 0 Å². The van der Waals surface area contributed by atoms with Crippen LogP contribution in [0.1, 0.15) is 26.2 Å². The molecule has 2 saturated heterocycles. The Morgan fingerprint density at radius 3 is 2.67 bits per heavy atom. The molecule has 2 aliphatic heterocycles. The molecule has 104 valence electrons. The maximum Gasteiger partial charge on any atom is 0.151 e. The predicted octanol–water partition coefficient (Wildman–Crippen LogP) is 0.492. The van der Waals surface area contributed by atoms with Gasteiger partial charge in [0.1, 0.15) is 0 Å². The molecule has 0 spiro atoms. The van der Waals surface area contributed by atoms with Crippen molar-refractivity contribution in [2.75, 3.05) is 25.9 Å². The van der Waals surface area contributed by atoms with Gasteiger partial charge in [-0.2, -0.15) is 0 Å². The van der Waals surface area contributed by atoms with Crippen LogP contribution in [0.15, 0.2) is 0 Å². The summed E-state index contributed by atoms with van der Waals surface area (Å²) < 4.78 is 23.8. The summed E-state index contributed by atoms with van der Waals surface area (Å²) in [5.41, 5.74) is 0. The highest BCUT2D eigenvalue weighted by Crippen LogP contribution is 2.39. The van der Waals surface area contributed by atoms with Gasteiger partial charge < -0.3 is 5.32 Å². The van der Waals surface area contributed by atoms with Gasteiger partial charge in [0, 0.05) is 24.9 Å². The molecule has 2 heterocycles. The Morgan fingerprint density at radius 2 is 2.00 bits per heavy atom. The van der Waals surface area contributed by atoms with Crippen LogP contribution >= 0.6 is 0 Å². The zero-order valence-electron chi connectivity index (χ0n) is 11.3. The Balaban J connectivity index is 1.79. The van der Waals surface area contributed by atoms with Crippen LogP contribution in [-0.4, -0.2) is 56.5 Å². The molecular formula is C13H24N2O2S. The zero-order valence-corrected chi connectivity index (χ0v) is 12.1. The van der Waals surface area contributed by atoms with Gasteiger partial charge in [-0.25, -0.2) is 8.42 Å². The highest BCUT2D eigenvalue weighted by molar-refractivity contribution is 7.91. The first-order chi connectivity index (χ1) is 8.48. The largest absolute Gasteiger partial charge is 0.316 e.